The molecule has 3 aliphatic rings. The van der Waals surface area contributed by atoms with Crippen molar-refractivity contribution in [2.24, 2.45) is 22.9 Å². The summed E-state index contributed by atoms with van der Waals surface area (Å²) in [7, 11) is 0. The van der Waals surface area contributed by atoms with Crippen LogP contribution in [0.3, 0.4) is 0 Å². The maximum absolute atomic E-state index is 14.8. The molecular formula is C55H82N4O13. The molecule has 2 aliphatic carbocycles. The second-order valence-electron chi connectivity index (χ2n) is 20.1. The van der Waals surface area contributed by atoms with Crippen LogP contribution in [0.5, 0.6) is 17.2 Å². The van der Waals surface area contributed by atoms with Gasteiger partial charge in [0.15, 0.2) is 0 Å². The normalized spacial score (nSPS) is 21.7. The highest BCUT2D eigenvalue weighted by Gasteiger charge is 2.66. The second-order valence-corrected chi connectivity index (χ2v) is 20.1. The van der Waals surface area contributed by atoms with Crippen LogP contribution in [0, 0.1) is 27.9 Å². The summed E-state index contributed by atoms with van der Waals surface area (Å²) in [5.41, 5.74) is 1.25. The Morgan fingerprint density at radius 1 is 0.889 bits per heavy atom. The molecule has 2 amide bonds. The number of nitro benzene ring substituents is 1. The molecule has 1 fully saturated rings. The Morgan fingerprint density at radius 2 is 1.56 bits per heavy atom. The molecular weight excluding hydrogens is 925 g/mol. The zero-order chi connectivity index (χ0) is 51.9. The van der Waals surface area contributed by atoms with Gasteiger partial charge in [0.1, 0.15) is 28.9 Å². The van der Waals surface area contributed by atoms with Crippen molar-refractivity contribution in [1.29, 1.82) is 0 Å². The molecule has 5 rings (SSSR count). The number of amides is 2. The van der Waals surface area contributed by atoms with Gasteiger partial charge in [0.2, 0.25) is 5.79 Å². The van der Waals surface area contributed by atoms with Crippen LogP contribution in [0.2, 0.25) is 0 Å². The minimum Gasteiger partial charge on any atom is -0.459 e. The Balaban J connectivity index is 1.60. The summed E-state index contributed by atoms with van der Waals surface area (Å²) in [6.07, 6.45) is 18.4. The van der Waals surface area contributed by atoms with Crippen molar-refractivity contribution in [3.05, 3.63) is 82.4 Å². The molecule has 1 saturated carbocycles. The lowest BCUT2D eigenvalue weighted by Crippen LogP contribution is -2.70. The molecule has 72 heavy (non-hydrogen) atoms. The quantitative estimate of drug-likeness (QED) is 0.0232. The van der Waals surface area contributed by atoms with Crippen molar-refractivity contribution < 1.29 is 58.4 Å². The zero-order valence-corrected chi connectivity index (χ0v) is 43.2. The first kappa shape index (κ1) is 57.8. The van der Waals surface area contributed by atoms with Crippen molar-refractivity contribution in [2.45, 2.75) is 160 Å². The standard InChI is InChI=1S/C55H82N4O13/c1-6-8-9-10-11-12-13-14-15-18-29-56-52(63)69-43-27-28-48-46(38-43)50-44(22-17-20-32-61)40(21-16-19-31-60)37-45-47(57-72-54(3,4)5)39-49(55(71-48,51(45)50)68-34-7-2)58(30-35-67-36-33-62)53(64)70-42-25-23-41(24-26-42)59(65)66/h7,23-28,37-38,40,44,49-51,60-62H,2,6,8-22,29-36,39H2,1,3-5H3,(H,56,63). The van der Waals surface area contributed by atoms with E-state index in [-0.39, 0.29) is 75.9 Å². The number of unbranched alkanes of at least 4 members (excludes halogenated alkanes) is 11. The number of rotatable bonds is 32. The first-order chi connectivity index (χ1) is 34.8. The first-order valence-corrected chi connectivity index (χ1v) is 26.4. The number of oxime groups is 1. The number of nitrogens with zero attached hydrogens (tertiary/aromatic N) is 3. The maximum atomic E-state index is 14.8. The topological polar surface area (TPSA) is 221 Å². The van der Waals surface area contributed by atoms with Crippen LogP contribution in [-0.4, -0.2) is 113 Å². The highest BCUT2D eigenvalue weighted by atomic mass is 16.7. The Bertz CT molecular complexity index is 2070. The second kappa shape index (κ2) is 29.6. The Labute approximate surface area is 426 Å². The number of nitrogens with one attached hydrogen (secondary N) is 1. The number of hydrogen-bond acceptors (Lipinski definition) is 14. The molecule has 1 heterocycles. The molecule has 0 bridgehead atoms. The molecule has 0 aromatic heterocycles. The summed E-state index contributed by atoms with van der Waals surface area (Å²) >= 11 is 0. The largest absolute Gasteiger partial charge is 0.459 e. The van der Waals surface area contributed by atoms with Gasteiger partial charge in [-0.25, -0.2) is 9.59 Å². The highest BCUT2D eigenvalue weighted by molar-refractivity contribution is 6.03. The summed E-state index contributed by atoms with van der Waals surface area (Å²) in [5, 5.41) is 48.9. The van der Waals surface area contributed by atoms with E-state index in [2.05, 4.69) is 24.9 Å². The van der Waals surface area contributed by atoms with Gasteiger partial charge in [-0.1, -0.05) is 94.9 Å². The van der Waals surface area contributed by atoms with Gasteiger partial charge in [0.05, 0.1) is 43.0 Å². The van der Waals surface area contributed by atoms with Crippen molar-refractivity contribution in [1.82, 2.24) is 10.2 Å². The molecule has 0 saturated heterocycles. The van der Waals surface area contributed by atoms with Crippen molar-refractivity contribution in [3.63, 3.8) is 0 Å². The summed E-state index contributed by atoms with van der Waals surface area (Å²) in [4.78, 5) is 46.9. The van der Waals surface area contributed by atoms with Gasteiger partial charge >= 0.3 is 12.2 Å². The van der Waals surface area contributed by atoms with Crippen LogP contribution in [-0.2, 0) is 14.3 Å². The van der Waals surface area contributed by atoms with Crippen LogP contribution in [0.25, 0.3) is 0 Å². The number of non-ortho nitro benzene ring substituents is 1. The third-order valence-electron chi connectivity index (χ3n) is 13.7. The molecule has 1 aliphatic heterocycles. The summed E-state index contributed by atoms with van der Waals surface area (Å²) in [5.74, 6) is -2.03. The molecule has 0 radical (unpaired) electrons. The van der Waals surface area contributed by atoms with Crippen molar-refractivity contribution >= 4 is 23.6 Å². The zero-order valence-electron chi connectivity index (χ0n) is 43.2. The van der Waals surface area contributed by atoms with E-state index in [9.17, 15) is 35.0 Å². The number of aliphatic hydroxyl groups is 3. The van der Waals surface area contributed by atoms with Gasteiger partial charge in [0, 0.05) is 56.3 Å². The third-order valence-corrected chi connectivity index (χ3v) is 13.7. The lowest BCUT2D eigenvalue weighted by molar-refractivity contribution is -0.384. The van der Waals surface area contributed by atoms with E-state index in [4.69, 9.17) is 33.7 Å². The Hall–Kier alpha value is -5.07. The number of benzene rings is 2. The number of aliphatic hydroxyl groups excluding tert-OH is 3. The van der Waals surface area contributed by atoms with E-state index in [1.807, 2.05) is 26.8 Å². The predicted molar refractivity (Wildman–Crippen MR) is 275 cm³/mol. The highest BCUT2D eigenvalue weighted by Crippen LogP contribution is 2.62. The van der Waals surface area contributed by atoms with E-state index in [0.717, 1.165) is 43.2 Å². The number of ether oxygens (including phenoxy) is 5. The fourth-order valence-electron chi connectivity index (χ4n) is 10.3. The van der Waals surface area contributed by atoms with Crippen molar-refractivity contribution in [2.75, 3.05) is 52.7 Å². The molecule has 6 unspecified atom stereocenters. The SMILES string of the molecule is C=CCOC12Oc3ccc(OC(=O)NCCCCCCCCCCCC)cc3C3C(CCCCO)C(CCCCO)C=C(C(=NOC(C)(C)C)CC1N(CCOCCO)C(=O)Oc1ccc([N+](=O)[O-])cc1)C32. The third kappa shape index (κ3) is 16.5. The molecule has 0 spiro atoms. The van der Waals surface area contributed by atoms with Crippen LogP contribution >= 0.6 is 0 Å². The van der Waals surface area contributed by atoms with E-state index in [1.54, 1.807) is 18.2 Å². The number of carbonyl (C=O) groups excluding carboxylic acids is 2. The van der Waals surface area contributed by atoms with E-state index in [0.29, 0.717) is 49.4 Å². The van der Waals surface area contributed by atoms with E-state index in [1.165, 1.54) is 74.1 Å². The number of hydrogen-bond donors (Lipinski definition) is 4. The number of fused-ring (bicyclic) bond motifs is 2. The van der Waals surface area contributed by atoms with Crippen molar-refractivity contribution in [3.8, 4) is 17.2 Å². The summed E-state index contributed by atoms with van der Waals surface area (Å²) in [6, 6.07) is 9.53. The molecule has 2 aromatic carbocycles. The van der Waals surface area contributed by atoms with E-state index < -0.39 is 46.4 Å². The minimum atomic E-state index is -1.65. The Kier molecular flexibility index (Phi) is 23.8. The smallest absolute Gasteiger partial charge is 0.415 e. The van der Waals surface area contributed by atoms with Crippen LogP contribution in [0.15, 0.2) is 71.9 Å². The Morgan fingerprint density at radius 3 is 2.19 bits per heavy atom. The van der Waals surface area contributed by atoms with Gasteiger partial charge in [-0.15, -0.1) is 6.58 Å². The lowest BCUT2D eigenvalue weighted by Gasteiger charge is -2.59. The maximum Gasteiger partial charge on any atom is 0.415 e. The number of allylic oxidation sites excluding steroid dienone is 1. The van der Waals surface area contributed by atoms with Crippen LogP contribution in [0.1, 0.15) is 148 Å². The molecule has 400 valence electrons. The summed E-state index contributed by atoms with van der Waals surface area (Å²) in [6.45, 7) is 12.2. The fourth-order valence-corrected chi connectivity index (χ4v) is 10.3. The molecule has 2 aromatic rings. The predicted octanol–water partition coefficient (Wildman–Crippen LogP) is 10.5. The van der Waals surface area contributed by atoms with Crippen LogP contribution < -0.4 is 19.5 Å². The molecule has 17 heteroatoms. The van der Waals surface area contributed by atoms with Crippen LogP contribution in [0.4, 0.5) is 15.3 Å². The van der Waals surface area contributed by atoms with Gasteiger partial charge in [-0.3, -0.25) is 15.0 Å². The monoisotopic (exact) mass is 1010 g/mol. The van der Waals surface area contributed by atoms with E-state index >= 15 is 0 Å². The molecule has 4 N–H and O–H groups in total. The van der Waals surface area contributed by atoms with Gasteiger partial charge in [0.25, 0.3) is 5.69 Å². The summed E-state index contributed by atoms with van der Waals surface area (Å²) < 4.78 is 32.1. The minimum absolute atomic E-state index is 0.00900. The number of nitro groups is 1. The first-order valence-electron chi connectivity index (χ1n) is 26.4. The van der Waals surface area contributed by atoms with Gasteiger partial charge < -0.3 is 49.2 Å². The average molecular weight is 1010 g/mol. The number of carbonyl (C=O) groups is 2. The fraction of sp³-hybridized carbons (Fsp3) is 0.655. The molecule has 6 atom stereocenters. The van der Waals surface area contributed by atoms with Gasteiger partial charge in [-0.05, 0) is 101 Å². The van der Waals surface area contributed by atoms with Gasteiger partial charge in [-0.2, -0.15) is 0 Å². The average Bonchev–Trinajstić information content (AvgIpc) is 3.35. The lowest BCUT2D eigenvalue weighted by atomic mass is 9.55. The molecule has 17 nitrogen and oxygen atoms in total.